The van der Waals surface area contributed by atoms with E-state index < -0.39 is 18.2 Å². The maximum absolute atomic E-state index is 13.2. The molecule has 0 aliphatic rings. The van der Waals surface area contributed by atoms with Gasteiger partial charge < -0.3 is 20.5 Å². The minimum absolute atomic E-state index is 0.111. The third kappa shape index (κ3) is 4.03. The van der Waals surface area contributed by atoms with E-state index in [1.165, 1.54) is 7.11 Å². The maximum atomic E-state index is 13.2. The van der Waals surface area contributed by atoms with Crippen LogP contribution in [0.4, 0.5) is 24.5 Å². The fraction of sp³-hybridized carbons (Fsp3) is 0.400. The van der Waals surface area contributed by atoms with Crippen molar-refractivity contribution >= 4 is 11.4 Å². The Bertz CT molecular complexity index is 375. The Hall–Kier alpha value is -1.63. The third-order valence-corrected chi connectivity index (χ3v) is 1.94. The lowest BCUT2D eigenvalue weighted by Gasteiger charge is -2.12. The van der Waals surface area contributed by atoms with Crippen LogP contribution in [0.15, 0.2) is 12.1 Å². The van der Waals surface area contributed by atoms with Gasteiger partial charge in [0, 0.05) is 25.8 Å². The lowest BCUT2D eigenvalue weighted by Crippen LogP contribution is -2.11. The van der Waals surface area contributed by atoms with Crippen molar-refractivity contribution in [2.75, 3.05) is 31.3 Å². The van der Waals surface area contributed by atoms with Crippen molar-refractivity contribution in [3.63, 3.8) is 0 Å². The van der Waals surface area contributed by atoms with E-state index in [2.05, 4.69) is 10.1 Å². The molecule has 0 aliphatic carbocycles. The van der Waals surface area contributed by atoms with Crippen molar-refractivity contribution in [1.29, 1.82) is 0 Å². The summed E-state index contributed by atoms with van der Waals surface area (Å²) in [5.41, 5.74) is 5.95. The summed E-state index contributed by atoms with van der Waals surface area (Å²) in [6.45, 7) is -2.26. The third-order valence-electron chi connectivity index (χ3n) is 1.94. The van der Waals surface area contributed by atoms with Gasteiger partial charge in [-0.1, -0.05) is 0 Å². The van der Waals surface area contributed by atoms with Gasteiger partial charge in [-0.3, -0.25) is 0 Å². The second-order valence-corrected chi connectivity index (χ2v) is 3.17. The van der Waals surface area contributed by atoms with E-state index in [0.717, 1.165) is 12.1 Å². The van der Waals surface area contributed by atoms with Gasteiger partial charge in [0.1, 0.15) is 0 Å². The molecular weight excluding hydrogens is 237 g/mol. The van der Waals surface area contributed by atoms with Gasteiger partial charge in [0.25, 0.3) is 0 Å². The molecule has 0 atom stereocenters. The van der Waals surface area contributed by atoms with Crippen LogP contribution >= 0.6 is 0 Å². The van der Waals surface area contributed by atoms with Gasteiger partial charge in [0.05, 0.1) is 18.0 Å². The number of nitrogens with two attached hydrogens (primary N) is 1. The number of hydrogen-bond acceptors (Lipinski definition) is 4. The fourth-order valence-electron chi connectivity index (χ4n) is 1.20. The number of hydrogen-bond donors (Lipinski definition) is 2. The normalized spacial score (nSPS) is 10.6. The summed E-state index contributed by atoms with van der Waals surface area (Å²) in [7, 11) is 1.51. The second-order valence-electron chi connectivity index (χ2n) is 3.17. The Morgan fingerprint density at radius 3 is 2.71 bits per heavy atom. The van der Waals surface area contributed by atoms with Gasteiger partial charge in [0.15, 0.2) is 11.6 Å². The Morgan fingerprint density at radius 2 is 2.12 bits per heavy atom. The molecule has 1 aromatic carbocycles. The van der Waals surface area contributed by atoms with Crippen LogP contribution in [-0.4, -0.2) is 26.9 Å². The molecule has 4 nitrogen and oxygen atoms in total. The molecule has 1 aromatic rings. The van der Waals surface area contributed by atoms with Crippen LogP contribution < -0.4 is 15.8 Å². The van der Waals surface area contributed by atoms with Gasteiger partial charge in [-0.2, -0.15) is 8.78 Å². The molecule has 0 fully saturated rings. The average Bonchev–Trinajstić information content (AvgIpc) is 2.24. The Balaban J connectivity index is 2.82. The summed E-state index contributed by atoms with van der Waals surface area (Å²) in [5, 5.41) is 2.81. The Kier molecular flexibility index (Phi) is 4.89. The quantitative estimate of drug-likeness (QED) is 0.599. The van der Waals surface area contributed by atoms with Crippen LogP contribution in [0, 0.1) is 5.82 Å². The monoisotopic (exact) mass is 250 g/mol. The number of ether oxygens (including phenoxy) is 2. The van der Waals surface area contributed by atoms with Crippen LogP contribution in [0.5, 0.6) is 5.75 Å². The van der Waals surface area contributed by atoms with Crippen molar-refractivity contribution in [1.82, 2.24) is 0 Å². The molecule has 0 bridgehead atoms. The second kappa shape index (κ2) is 6.19. The average molecular weight is 250 g/mol. The first kappa shape index (κ1) is 13.4. The number of rotatable bonds is 6. The molecule has 0 spiro atoms. The zero-order chi connectivity index (χ0) is 12.8. The number of anilines is 2. The zero-order valence-electron chi connectivity index (χ0n) is 9.17. The van der Waals surface area contributed by atoms with E-state index in [1.807, 2.05) is 0 Å². The van der Waals surface area contributed by atoms with Crippen LogP contribution in [0.25, 0.3) is 0 Å². The van der Waals surface area contributed by atoms with Gasteiger partial charge in [0.2, 0.25) is 0 Å². The number of nitrogens with one attached hydrogen (secondary N) is 1. The first-order valence-corrected chi connectivity index (χ1v) is 4.81. The molecule has 0 aliphatic heterocycles. The highest BCUT2D eigenvalue weighted by atomic mass is 19.3. The smallest absolute Gasteiger partial charge is 0.387 e. The highest BCUT2D eigenvalue weighted by molar-refractivity contribution is 5.68. The minimum atomic E-state index is -3.08. The van der Waals surface area contributed by atoms with E-state index in [9.17, 15) is 13.2 Å². The summed E-state index contributed by atoms with van der Waals surface area (Å²) in [4.78, 5) is 0. The van der Waals surface area contributed by atoms with Crippen LogP contribution in [-0.2, 0) is 4.74 Å². The van der Waals surface area contributed by atoms with Crippen LogP contribution in [0.3, 0.4) is 0 Å². The SMILES string of the molecule is COCCNc1cc(OC(F)F)c(F)cc1N. The summed E-state index contributed by atoms with van der Waals surface area (Å²) in [5.74, 6) is -1.48. The fourth-order valence-corrected chi connectivity index (χ4v) is 1.20. The molecule has 0 heterocycles. The number of alkyl halides is 2. The molecule has 0 radical (unpaired) electrons. The standard InChI is InChI=1S/C10H13F3N2O2/c1-16-3-2-15-8-5-9(17-10(12)13)6(11)4-7(8)14/h4-5,10,15H,2-3,14H2,1H3. The van der Waals surface area contributed by atoms with Crippen LogP contribution in [0.1, 0.15) is 0 Å². The molecule has 0 unspecified atom stereocenters. The van der Waals surface area contributed by atoms with Crippen LogP contribution in [0.2, 0.25) is 0 Å². The lowest BCUT2D eigenvalue weighted by molar-refractivity contribution is -0.0521. The molecule has 0 amide bonds. The van der Waals surface area contributed by atoms with E-state index in [1.54, 1.807) is 0 Å². The van der Waals surface area contributed by atoms with Gasteiger partial charge in [-0.25, -0.2) is 4.39 Å². The molecule has 7 heteroatoms. The lowest BCUT2D eigenvalue weighted by atomic mass is 10.2. The van der Waals surface area contributed by atoms with Crippen molar-refractivity contribution in [3.05, 3.63) is 17.9 Å². The Morgan fingerprint density at radius 1 is 1.41 bits per heavy atom. The first-order chi connectivity index (χ1) is 8.04. The first-order valence-electron chi connectivity index (χ1n) is 4.81. The molecule has 96 valence electrons. The summed E-state index contributed by atoms with van der Waals surface area (Å²) >= 11 is 0. The van der Waals surface area contributed by atoms with E-state index in [0.29, 0.717) is 18.8 Å². The number of benzene rings is 1. The largest absolute Gasteiger partial charge is 0.432 e. The van der Waals surface area contributed by atoms with Gasteiger partial charge in [-0.15, -0.1) is 0 Å². The molecule has 0 saturated heterocycles. The highest BCUT2D eigenvalue weighted by Crippen LogP contribution is 2.29. The zero-order valence-corrected chi connectivity index (χ0v) is 9.17. The maximum Gasteiger partial charge on any atom is 0.387 e. The summed E-state index contributed by atoms with van der Waals surface area (Å²) in [6, 6.07) is 2.01. The summed E-state index contributed by atoms with van der Waals surface area (Å²) in [6.07, 6.45) is 0. The molecule has 0 aromatic heterocycles. The highest BCUT2D eigenvalue weighted by Gasteiger charge is 2.13. The molecule has 1 rings (SSSR count). The van der Waals surface area contributed by atoms with Crippen molar-refractivity contribution in [2.24, 2.45) is 0 Å². The van der Waals surface area contributed by atoms with Gasteiger partial charge >= 0.3 is 6.61 Å². The van der Waals surface area contributed by atoms with Crippen molar-refractivity contribution in [3.8, 4) is 5.75 Å². The molecule has 0 saturated carbocycles. The molecule has 17 heavy (non-hydrogen) atoms. The predicted octanol–water partition coefficient (Wildman–Crippen LogP) is 2.07. The van der Waals surface area contributed by atoms with E-state index in [4.69, 9.17) is 10.5 Å². The van der Waals surface area contributed by atoms with E-state index in [-0.39, 0.29) is 5.69 Å². The van der Waals surface area contributed by atoms with Gasteiger partial charge in [-0.05, 0) is 0 Å². The van der Waals surface area contributed by atoms with Crippen molar-refractivity contribution in [2.45, 2.75) is 6.61 Å². The Labute approximate surface area is 96.5 Å². The molecule has 3 N–H and O–H groups in total. The molecular formula is C10H13F3N2O2. The minimum Gasteiger partial charge on any atom is -0.432 e. The van der Waals surface area contributed by atoms with E-state index >= 15 is 0 Å². The summed E-state index contributed by atoms with van der Waals surface area (Å²) < 4.78 is 46.0. The number of halogens is 3. The predicted molar refractivity (Wildman–Crippen MR) is 57.8 cm³/mol. The van der Waals surface area contributed by atoms with Crippen molar-refractivity contribution < 1.29 is 22.6 Å². The number of nitrogen functional groups attached to an aromatic ring is 1. The topological polar surface area (TPSA) is 56.5 Å². The number of methoxy groups -OCH3 is 1.